The fraction of sp³-hybridized carbons (Fsp3) is 0.706. The maximum absolute atomic E-state index is 4.30. The monoisotopic (exact) mass is 290 g/mol. The summed E-state index contributed by atoms with van der Waals surface area (Å²) in [5, 5.41) is 7.98. The first-order valence-corrected chi connectivity index (χ1v) is 8.01. The van der Waals surface area contributed by atoms with Gasteiger partial charge in [0.1, 0.15) is 0 Å². The van der Waals surface area contributed by atoms with E-state index in [1.54, 1.807) is 5.57 Å². The average molecular weight is 290 g/mol. The van der Waals surface area contributed by atoms with Gasteiger partial charge in [-0.1, -0.05) is 18.6 Å². The molecule has 0 unspecified atom stereocenters. The van der Waals surface area contributed by atoms with Crippen LogP contribution >= 0.6 is 0 Å². The first-order chi connectivity index (χ1) is 9.99. The molecule has 0 aliphatic heterocycles. The normalized spacial score (nSPS) is 24.2. The summed E-state index contributed by atoms with van der Waals surface area (Å²) >= 11 is 0. The number of hydrogen-bond acceptors (Lipinski definition) is 3. The number of aromatic nitrogens is 2. The molecule has 1 aliphatic rings. The Hall–Kier alpha value is -1.13. The number of hydrogen-bond donors (Lipinski definition) is 1. The highest BCUT2D eigenvalue weighted by molar-refractivity contribution is 5.12. The quantitative estimate of drug-likeness (QED) is 0.818. The van der Waals surface area contributed by atoms with E-state index in [0.29, 0.717) is 12.0 Å². The fourth-order valence-corrected chi connectivity index (χ4v) is 3.32. The fourth-order valence-electron chi connectivity index (χ4n) is 3.32. The van der Waals surface area contributed by atoms with Crippen molar-refractivity contribution in [3.8, 4) is 0 Å². The van der Waals surface area contributed by atoms with Gasteiger partial charge in [-0.3, -0.25) is 4.68 Å². The van der Waals surface area contributed by atoms with Crippen LogP contribution in [-0.4, -0.2) is 41.9 Å². The van der Waals surface area contributed by atoms with E-state index in [9.17, 15) is 0 Å². The van der Waals surface area contributed by atoms with E-state index < -0.39 is 0 Å². The summed E-state index contributed by atoms with van der Waals surface area (Å²) in [5.74, 6) is 1.48. The Kier molecular flexibility index (Phi) is 5.59. The van der Waals surface area contributed by atoms with Crippen molar-refractivity contribution in [1.82, 2.24) is 20.0 Å². The molecule has 0 amide bonds. The molecule has 0 spiro atoms. The zero-order valence-electron chi connectivity index (χ0n) is 14.1. The lowest BCUT2D eigenvalue weighted by atomic mass is 9.80. The SMILES string of the molecule is CC1=CCC[C@H](C)[C@@H]1CNC[C@H](c1cnn(C)c1)N(C)C. The molecular formula is C17H30N4. The number of allylic oxidation sites excluding steroid dienone is 1. The molecule has 4 heteroatoms. The molecule has 0 bridgehead atoms. The topological polar surface area (TPSA) is 33.1 Å². The van der Waals surface area contributed by atoms with E-state index in [4.69, 9.17) is 0 Å². The highest BCUT2D eigenvalue weighted by Crippen LogP contribution is 2.29. The highest BCUT2D eigenvalue weighted by Gasteiger charge is 2.22. The van der Waals surface area contributed by atoms with Crippen LogP contribution in [0.2, 0.25) is 0 Å². The van der Waals surface area contributed by atoms with Gasteiger partial charge in [0, 0.05) is 37.9 Å². The number of aryl methyl sites for hydroxylation is 1. The van der Waals surface area contributed by atoms with Crippen LogP contribution in [0.15, 0.2) is 24.0 Å². The molecule has 3 atom stereocenters. The largest absolute Gasteiger partial charge is 0.314 e. The van der Waals surface area contributed by atoms with Crippen molar-refractivity contribution >= 4 is 0 Å². The van der Waals surface area contributed by atoms with Gasteiger partial charge in [0.25, 0.3) is 0 Å². The van der Waals surface area contributed by atoms with Gasteiger partial charge >= 0.3 is 0 Å². The van der Waals surface area contributed by atoms with Gasteiger partial charge in [-0.25, -0.2) is 0 Å². The van der Waals surface area contributed by atoms with Crippen LogP contribution in [0.25, 0.3) is 0 Å². The van der Waals surface area contributed by atoms with Gasteiger partial charge in [-0.05, 0) is 45.7 Å². The van der Waals surface area contributed by atoms with Crippen LogP contribution in [0, 0.1) is 11.8 Å². The van der Waals surface area contributed by atoms with Crippen molar-refractivity contribution < 1.29 is 0 Å². The van der Waals surface area contributed by atoms with Gasteiger partial charge in [0.2, 0.25) is 0 Å². The molecule has 2 rings (SSSR count). The number of likely N-dealkylation sites (N-methyl/N-ethyl adjacent to an activating group) is 1. The van der Waals surface area contributed by atoms with E-state index in [0.717, 1.165) is 19.0 Å². The summed E-state index contributed by atoms with van der Waals surface area (Å²) in [6, 6.07) is 0.377. The predicted molar refractivity (Wildman–Crippen MR) is 88.2 cm³/mol. The summed E-state index contributed by atoms with van der Waals surface area (Å²) in [5.41, 5.74) is 2.84. The van der Waals surface area contributed by atoms with E-state index in [1.165, 1.54) is 18.4 Å². The Morgan fingerprint density at radius 3 is 2.81 bits per heavy atom. The number of rotatable bonds is 6. The van der Waals surface area contributed by atoms with E-state index >= 15 is 0 Å². The Labute approximate surface area is 129 Å². The first-order valence-electron chi connectivity index (χ1n) is 8.01. The molecule has 4 nitrogen and oxygen atoms in total. The number of nitrogens with one attached hydrogen (secondary N) is 1. The van der Waals surface area contributed by atoms with Crippen LogP contribution in [0.1, 0.15) is 38.3 Å². The van der Waals surface area contributed by atoms with Crippen LogP contribution in [0.3, 0.4) is 0 Å². The molecule has 1 aromatic rings. The zero-order valence-corrected chi connectivity index (χ0v) is 14.1. The van der Waals surface area contributed by atoms with Gasteiger partial charge < -0.3 is 10.2 Å². The maximum Gasteiger partial charge on any atom is 0.0538 e. The molecule has 1 aliphatic carbocycles. The van der Waals surface area contributed by atoms with E-state index in [-0.39, 0.29) is 0 Å². The van der Waals surface area contributed by atoms with Crippen molar-refractivity contribution in [1.29, 1.82) is 0 Å². The molecule has 0 aromatic carbocycles. The molecule has 1 heterocycles. The second-order valence-electron chi connectivity index (χ2n) is 6.69. The molecule has 0 saturated carbocycles. The minimum atomic E-state index is 0.377. The van der Waals surface area contributed by atoms with Crippen LogP contribution in [0.4, 0.5) is 0 Å². The lowest BCUT2D eigenvalue weighted by molar-refractivity contribution is 0.274. The molecule has 0 fully saturated rings. The zero-order chi connectivity index (χ0) is 15.4. The van der Waals surface area contributed by atoms with Crippen molar-refractivity contribution in [3.63, 3.8) is 0 Å². The minimum absolute atomic E-state index is 0.377. The molecule has 21 heavy (non-hydrogen) atoms. The molecule has 0 radical (unpaired) electrons. The van der Waals surface area contributed by atoms with Crippen molar-refractivity contribution in [3.05, 3.63) is 29.6 Å². The first kappa shape index (κ1) is 16.2. The van der Waals surface area contributed by atoms with Gasteiger partial charge in [-0.15, -0.1) is 0 Å². The minimum Gasteiger partial charge on any atom is -0.314 e. The smallest absolute Gasteiger partial charge is 0.0538 e. The summed E-state index contributed by atoms with van der Waals surface area (Å²) < 4.78 is 1.88. The summed E-state index contributed by atoms with van der Waals surface area (Å²) in [6.07, 6.45) is 9.07. The Bertz CT molecular complexity index is 475. The van der Waals surface area contributed by atoms with E-state index in [2.05, 4.69) is 55.5 Å². The predicted octanol–water partition coefficient (Wildman–Crippen LogP) is 2.60. The van der Waals surface area contributed by atoms with Crippen molar-refractivity contribution in [2.45, 2.75) is 32.7 Å². The average Bonchev–Trinajstić information content (AvgIpc) is 2.83. The van der Waals surface area contributed by atoms with Gasteiger partial charge in [0.15, 0.2) is 0 Å². The summed E-state index contributed by atoms with van der Waals surface area (Å²) in [4.78, 5) is 2.26. The van der Waals surface area contributed by atoms with Crippen LogP contribution in [0.5, 0.6) is 0 Å². The molecule has 1 aromatic heterocycles. The Morgan fingerprint density at radius 2 is 2.24 bits per heavy atom. The Balaban J connectivity index is 1.91. The third-order valence-corrected chi connectivity index (χ3v) is 4.79. The molecule has 0 saturated heterocycles. The third-order valence-electron chi connectivity index (χ3n) is 4.79. The van der Waals surface area contributed by atoms with Crippen molar-refractivity contribution in [2.24, 2.45) is 18.9 Å². The highest BCUT2D eigenvalue weighted by atomic mass is 15.2. The summed E-state index contributed by atoms with van der Waals surface area (Å²) in [7, 11) is 6.24. The third kappa shape index (κ3) is 4.17. The summed E-state index contributed by atoms with van der Waals surface area (Å²) in [6.45, 7) is 6.71. The van der Waals surface area contributed by atoms with Crippen molar-refractivity contribution in [2.75, 3.05) is 27.2 Å². The lowest BCUT2D eigenvalue weighted by Crippen LogP contribution is -2.36. The lowest BCUT2D eigenvalue weighted by Gasteiger charge is -2.30. The standard InChI is InChI=1S/C17H30N4/c1-13-7-6-8-14(2)16(13)10-18-11-17(20(3)4)15-9-19-21(5)12-15/h7,9,12,14,16-18H,6,8,10-11H2,1-5H3/t14-,16+,17+/m0/s1. The van der Waals surface area contributed by atoms with Crippen LogP contribution in [-0.2, 0) is 7.05 Å². The van der Waals surface area contributed by atoms with Gasteiger partial charge in [-0.2, -0.15) is 5.10 Å². The second-order valence-corrected chi connectivity index (χ2v) is 6.69. The van der Waals surface area contributed by atoms with Crippen LogP contribution < -0.4 is 5.32 Å². The molecule has 118 valence electrons. The van der Waals surface area contributed by atoms with E-state index in [1.807, 2.05) is 17.9 Å². The number of nitrogens with zero attached hydrogens (tertiary/aromatic N) is 3. The molecule has 1 N–H and O–H groups in total. The Morgan fingerprint density at radius 1 is 1.48 bits per heavy atom. The maximum atomic E-state index is 4.30. The van der Waals surface area contributed by atoms with Gasteiger partial charge in [0.05, 0.1) is 6.20 Å². The molecular weight excluding hydrogens is 260 g/mol. The second kappa shape index (κ2) is 7.23.